The van der Waals surface area contributed by atoms with E-state index in [1.807, 2.05) is 0 Å². The number of amides is 2. The van der Waals surface area contributed by atoms with E-state index < -0.39 is 6.03 Å². The van der Waals surface area contributed by atoms with Crippen molar-refractivity contribution in [3.05, 3.63) is 42.5 Å². The van der Waals surface area contributed by atoms with Crippen LogP contribution in [-0.4, -0.2) is 25.4 Å². The maximum atomic E-state index is 11.9. The summed E-state index contributed by atoms with van der Waals surface area (Å²) in [4.78, 5) is 11.9. The molecule has 0 heterocycles. The SMILES string of the molecule is COc1ccc(NC(=O)Nc2ccccc2O)c(OC)c1. The number of carbonyl (C=O) groups is 1. The van der Waals surface area contributed by atoms with Gasteiger partial charge in [0.1, 0.15) is 17.2 Å². The molecule has 0 aromatic heterocycles. The van der Waals surface area contributed by atoms with Gasteiger partial charge in [0.2, 0.25) is 0 Å². The van der Waals surface area contributed by atoms with E-state index in [1.165, 1.54) is 13.2 Å². The molecular formula is C15H16N2O4. The van der Waals surface area contributed by atoms with E-state index in [0.717, 1.165) is 0 Å². The van der Waals surface area contributed by atoms with Crippen molar-refractivity contribution in [1.82, 2.24) is 0 Å². The molecule has 0 aliphatic rings. The highest BCUT2D eigenvalue weighted by molar-refractivity contribution is 6.01. The number of rotatable bonds is 4. The number of phenols is 1. The van der Waals surface area contributed by atoms with E-state index in [2.05, 4.69) is 10.6 Å². The van der Waals surface area contributed by atoms with Crippen molar-refractivity contribution in [2.75, 3.05) is 24.9 Å². The molecule has 0 radical (unpaired) electrons. The zero-order valence-corrected chi connectivity index (χ0v) is 11.7. The fourth-order valence-corrected chi connectivity index (χ4v) is 1.76. The summed E-state index contributed by atoms with van der Waals surface area (Å²) in [5, 5.41) is 14.8. The Kier molecular flexibility index (Phi) is 4.50. The highest BCUT2D eigenvalue weighted by Gasteiger charge is 2.10. The number of hydrogen-bond acceptors (Lipinski definition) is 4. The lowest BCUT2D eigenvalue weighted by molar-refractivity contribution is 0.262. The minimum atomic E-state index is -0.486. The Bertz CT molecular complexity index is 643. The molecule has 2 amide bonds. The molecule has 0 fully saturated rings. The molecule has 0 unspecified atom stereocenters. The molecule has 0 aliphatic carbocycles. The average Bonchev–Trinajstić information content (AvgIpc) is 2.50. The number of nitrogens with one attached hydrogen (secondary N) is 2. The molecular weight excluding hydrogens is 272 g/mol. The van der Waals surface area contributed by atoms with E-state index in [9.17, 15) is 9.90 Å². The van der Waals surface area contributed by atoms with Crippen molar-refractivity contribution in [1.29, 1.82) is 0 Å². The van der Waals surface area contributed by atoms with Crippen molar-refractivity contribution in [2.24, 2.45) is 0 Å². The zero-order valence-electron chi connectivity index (χ0n) is 11.7. The minimum Gasteiger partial charge on any atom is -0.506 e. The third kappa shape index (κ3) is 3.56. The standard InChI is InChI=1S/C15H16N2O4/c1-20-10-7-8-12(14(9-10)21-2)17-15(19)16-11-5-3-4-6-13(11)18/h3-9,18H,1-2H3,(H2,16,17,19). The van der Waals surface area contributed by atoms with Crippen molar-refractivity contribution in [3.63, 3.8) is 0 Å². The van der Waals surface area contributed by atoms with E-state index in [4.69, 9.17) is 9.47 Å². The molecule has 2 aromatic rings. The predicted octanol–water partition coefficient (Wildman–Crippen LogP) is 3.05. The smallest absolute Gasteiger partial charge is 0.323 e. The number of ether oxygens (including phenoxy) is 2. The summed E-state index contributed by atoms with van der Waals surface area (Å²) >= 11 is 0. The van der Waals surface area contributed by atoms with Crippen molar-refractivity contribution in [2.45, 2.75) is 0 Å². The van der Waals surface area contributed by atoms with Gasteiger partial charge in [-0.2, -0.15) is 0 Å². The van der Waals surface area contributed by atoms with Gasteiger partial charge in [0.05, 0.1) is 25.6 Å². The quantitative estimate of drug-likeness (QED) is 0.755. The largest absolute Gasteiger partial charge is 0.506 e. The first-order valence-corrected chi connectivity index (χ1v) is 6.22. The first kappa shape index (κ1) is 14.5. The fraction of sp³-hybridized carbons (Fsp3) is 0.133. The van der Waals surface area contributed by atoms with Crippen molar-refractivity contribution < 1.29 is 19.4 Å². The van der Waals surface area contributed by atoms with Crippen LogP contribution in [0, 0.1) is 0 Å². The van der Waals surface area contributed by atoms with Crippen LogP contribution >= 0.6 is 0 Å². The summed E-state index contributed by atoms with van der Waals surface area (Å²) in [5.74, 6) is 1.09. The summed E-state index contributed by atoms with van der Waals surface area (Å²) in [5.41, 5.74) is 0.814. The van der Waals surface area contributed by atoms with Crippen LogP contribution < -0.4 is 20.1 Å². The monoisotopic (exact) mass is 288 g/mol. The molecule has 0 spiro atoms. The third-order valence-corrected chi connectivity index (χ3v) is 2.81. The third-order valence-electron chi connectivity index (χ3n) is 2.81. The van der Waals surface area contributed by atoms with E-state index in [0.29, 0.717) is 22.9 Å². The molecule has 6 heteroatoms. The first-order chi connectivity index (χ1) is 10.1. The summed E-state index contributed by atoms with van der Waals surface area (Å²) in [6.07, 6.45) is 0. The molecule has 110 valence electrons. The number of para-hydroxylation sites is 2. The Labute approximate surface area is 122 Å². The van der Waals surface area contributed by atoms with Crippen LogP contribution in [0.1, 0.15) is 0 Å². The molecule has 0 saturated carbocycles. The summed E-state index contributed by atoms with van der Waals surface area (Å²) in [7, 11) is 3.05. The summed E-state index contributed by atoms with van der Waals surface area (Å²) in [6, 6.07) is 11.0. The Hall–Kier alpha value is -2.89. The maximum Gasteiger partial charge on any atom is 0.323 e. The summed E-state index contributed by atoms with van der Waals surface area (Å²) in [6.45, 7) is 0. The average molecular weight is 288 g/mol. The number of hydrogen-bond donors (Lipinski definition) is 3. The topological polar surface area (TPSA) is 79.8 Å². The molecule has 2 rings (SSSR count). The van der Waals surface area contributed by atoms with Gasteiger partial charge >= 0.3 is 6.03 Å². The highest BCUT2D eigenvalue weighted by atomic mass is 16.5. The molecule has 0 aliphatic heterocycles. The van der Waals surface area contributed by atoms with Crippen LogP contribution in [0.15, 0.2) is 42.5 Å². The molecule has 0 saturated heterocycles. The van der Waals surface area contributed by atoms with Gasteiger partial charge in [-0.1, -0.05) is 12.1 Å². The van der Waals surface area contributed by atoms with Gasteiger partial charge in [0, 0.05) is 6.07 Å². The van der Waals surface area contributed by atoms with Gasteiger partial charge in [0.15, 0.2) is 0 Å². The van der Waals surface area contributed by atoms with Crippen molar-refractivity contribution >= 4 is 17.4 Å². The Morgan fingerprint density at radius 2 is 1.71 bits per heavy atom. The summed E-state index contributed by atoms with van der Waals surface area (Å²) < 4.78 is 10.3. The Balaban J connectivity index is 2.11. The van der Waals surface area contributed by atoms with Gasteiger partial charge in [-0.05, 0) is 24.3 Å². The highest BCUT2D eigenvalue weighted by Crippen LogP contribution is 2.29. The Morgan fingerprint density at radius 3 is 2.38 bits per heavy atom. The van der Waals surface area contributed by atoms with Crippen LogP contribution in [0.3, 0.4) is 0 Å². The van der Waals surface area contributed by atoms with E-state index in [-0.39, 0.29) is 5.75 Å². The van der Waals surface area contributed by atoms with E-state index >= 15 is 0 Å². The van der Waals surface area contributed by atoms with Crippen LogP contribution in [0.5, 0.6) is 17.2 Å². The van der Waals surface area contributed by atoms with Crippen LogP contribution in [0.4, 0.5) is 16.2 Å². The fourth-order valence-electron chi connectivity index (χ4n) is 1.76. The molecule has 0 bridgehead atoms. The minimum absolute atomic E-state index is 0.00524. The second kappa shape index (κ2) is 6.51. The van der Waals surface area contributed by atoms with Gasteiger partial charge in [0.25, 0.3) is 0 Å². The molecule has 2 aromatic carbocycles. The van der Waals surface area contributed by atoms with Gasteiger partial charge in [-0.15, -0.1) is 0 Å². The molecule has 3 N–H and O–H groups in total. The van der Waals surface area contributed by atoms with E-state index in [1.54, 1.807) is 43.5 Å². The molecule has 0 atom stereocenters. The first-order valence-electron chi connectivity index (χ1n) is 6.22. The van der Waals surface area contributed by atoms with Gasteiger partial charge in [-0.25, -0.2) is 4.79 Å². The van der Waals surface area contributed by atoms with Crippen LogP contribution in [-0.2, 0) is 0 Å². The molecule has 21 heavy (non-hydrogen) atoms. The van der Waals surface area contributed by atoms with Crippen molar-refractivity contribution in [3.8, 4) is 17.2 Å². The second-order valence-corrected chi connectivity index (χ2v) is 4.16. The lowest BCUT2D eigenvalue weighted by atomic mass is 10.2. The number of anilines is 2. The number of phenolic OH excluding ortho intramolecular Hbond substituents is 1. The van der Waals surface area contributed by atoms with Crippen LogP contribution in [0.25, 0.3) is 0 Å². The lowest BCUT2D eigenvalue weighted by Crippen LogP contribution is -2.19. The molecule has 6 nitrogen and oxygen atoms in total. The Morgan fingerprint density at radius 1 is 1.00 bits per heavy atom. The van der Waals surface area contributed by atoms with Gasteiger partial charge in [-0.3, -0.25) is 0 Å². The normalized spacial score (nSPS) is 9.81. The second-order valence-electron chi connectivity index (χ2n) is 4.16. The maximum absolute atomic E-state index is 11.9. The number of benzene rings is 2. The van der Waals surface area contributed by atoms with Gasteiger partial charge < -0.3 is 25.2 Å². The zero-order chi connectivity index (χ0) is 15.2. The number of aromatic hydroxyl groups is 1. The lowest BCUT2D eigenvalue weighted by Gasteiger charge is -2.12. The number of urea groups is 1. The predicted molar refractivity (Wildman–Crippen MR) is 80.3 cm³/mol. The number of methoxy groups -OCH3 is 2. The number of carbonyl (C=O) groups excluding carboxylic acids is 1. The van der Waals surface area contributed by atoms with Crippen LogP contribution in [0.2, 0.25) is 0 Å².